The minimum absolute atomic E-state index is 0.0810. The van der Waals surface area contributed by atoms with Crippen molar-refractivity contribution in [1.29, 1.82) is 0 Å². The standard InChI is InChI=1S/C24H18F7NO3/c25-21(26)23(27,28)35-20-11-4-6-16(14-20)22(24(29,30)31)32(12-13-33-22)17-7-5-10-19(15-17)34-18-8-2-1-3-9-18/h1-11,14-15,21H,12-13H2. The van der Waals surface area contributed by atoms with Crippen LogP contribution in [0.15, 0.2) is 78.9 Å². The van der Waals surface area contributed by atoms with Crippen LogP contribution in [0.5, 0.6) is 17.2 Å². The zero-order valence-corrected chi connectivity index (χ0v) is 17.8. The second-order valence-corrected chi connectivity index (χ2v) is 7.55. The van der Waals surface area contributed by atoms with Crippen LogP contribution in [0.1, 0.15) is 5.56 Å². The van der Waals surface area contributed by atoms with Gasteiger partial charge in [-0.3, -0.25) is 0 Å². The quantitative estimate of drug-likeness (QED) is 0.328. The third kappa shape index (κ3) is 4.86. The number of hydrogen-bond acceptors (Lipinski definition) is 4. The van der Waals surface area contributed by atoms with Crippen molar-refractivity contribution >= 4 is 5.69 Å². The summed E-state index contributed by atoms with van der Waals surface area (Å²) >= 11 is 0. The van der Waals surface area contributed by atoms with E-state index in [2.05, 4.69) is 4.74 Å². The Hall–Kier alpha value is -3.47. The van der Waals surface area contributed by atoms with Gasteiger partial charge in [0.1, 0.15) is 17.2 Å². The van der Waals surface area contributed by atoms with Gasteiger partial charge < -0.3 is 19.1 Å². The molecule has 1 fully saturated rings. The van der Waals surface area contributed by atoms with Crippen LogP contribution in [0.25, 0.3) is 0 Å². The highest BCUT2D eigenvalue weighted by Gasteiger charge is 2.64. The number of benzene rings is 3. The molecule has 0 aromatic heterocycles. The molecule has 35 heavy (non-hydrogen) atoms. The molecule has 1 aliphatic rings. The largest absolute Gasteiger partial charge is 0.461 e. The Labute approximate surface area is 195 Å². The van der Waals surface area contributed by atoms with Gasteiger partial charge in [-0.1, -0.05) is 36.4 Å². The molecule has 186 valence electrons. The first kappa shape index (κ1) is 24.6. The molecule has 0 aliphatic carbocycles. The second-order valence-electron chi connectivity index (χ2n) is 7.55. The van der Waals surface area contributed by atoms with Crippen molar-refractivity contribution in [3.05, 3.63) is 84.4 Å². The van der Waals surface area contributed by atoms with E-state index in [0.29, 0.717) is 11.8 Å². The van der Waals surface area contributed by atoms with Crippen molar-refractivity contribution in [2.75, 3.05) is 18.1 Å². The molecule has 1 heterocycles. The van der Waals surface area contributed by atoms with E-state index in [1.54, 1.807) is 36.4 Å². The van der Waals surface area contributed by atoms with Crippen molar-refractivity contribution < 1.29 is 44.9 Å². The lowest BCUT2D eigenvalue weighted by Crippen LogP contribution is -2.54. The Bertz CT molecular complexity index is 1160. The Morgan fingerprint density at radius 1 is 0.800 bits per heavy atom. The Kier molecular flexibility index (Phi) is 6.54. The number of alkyl halides is 7. The molecule has 1 aliphatic heterocycles. The third-order valence-electron chi connectivity index (χ3n) is 5.23. The van der Waals surface area contributed by atoms with Gasteiger partial charge in [0, 0.05) is 23.9 Å². The maximum atomic E-state index is 14.6. The van der Waals surface area contributed by atoms with Crippen molar-refractivity contribution in [2.24, 2.45) is 0 Å². The highest BCUT2D eigenvalue weighted by Crippen LogP contribution is 2.50. The van der Waals surface area contributed by atoms with Gasteiger partial charge in [-0.25, -0.2) is 0 Å². The Morgan fingerprint density at radius 3 is 2.14 bits per heavy atom. The summed E-state index contributed by atoms with van der Waals surface area (Å²) in [5, 5.41) is 0. The number of nitrogens with zero attached hydrogens (tertiary/aromatic N) is 1. The van der Waals surface area contributed by atoms with Gasteiger partial charge >= 0.3 is 18.7 Å². The van der Waals surface area contributed by atoms with E-state index in [4.69, 9.17) is 9.47 Å². The van der Waals surface area contributed by atoms with Crippen molar-refractivity contribution in [3.63, 3.8) is 0 Å². The molecular weight excluding hydrogens is 483 g/mol. The summed E-state index contributed by atoms with van der Waals surface area (Å²) in [6, 6.07) is 17.9. The smallest absolute Gasteiger partial charge is 0.457 e. The molecule has 3 aromatic rings. The molecule has 0 bridgehead atoms. The fourth-order valence-electron chi connectivity index (χ4n) is 3.78. The van der Waals surface area contributed by atoms with E-state index < -0.39 is 35.7 Å². The SMILES string of the molecule is FC(F)C(F)(F)Oc1cccc(C2(C(F)(F)F)OCCN2c2cccc(Oc3ccccc3)c2)c1. The number of rotatable bonds is 7. The van der Waals surface area contributed by atoms with Crippen molar-refractivity contribution in [3.8, 4) is 17.2 Å². The third-order valence-corrected chi connectivity index (χ3v) is 5.23. The van der Waals surface area contributed by atoms with E-state index in [1.807, 2.05) is 0 Å². The van der Waals surface area contributed by atoms with Gasteiger partial charge in [0.25, 0.3) is 5.72 Å². The molecule has 0 amide bonds. The zero-order chi connectivity index (χ0) is 25.3. The summed E-state index contributed by atoms with van der Waals surface area (Å²) in [5.41, 5.74) is -3.62. The van der Waals surface area contributed by atoms with Crippen molar-refractivity contribution in [2.45, 2.75) is 24.4 Å². The number of halogens is 7. The van der Waals surface area contributed by atoms with E-state index in [-0.39, 0.29) is 24.6 Å². The molecule has 0 saturated carbocycles. The lowest BCUT2D eigenvalue weighted by atomic mass is 9.99. The Balaban J connectivity index is 1.73. The maximum Gasteiger partial charge on any atom is 0.461 e. The second kappa shape index (κ2) is 9.29. The summed E-state index contributed by atoms with van der Waals surface area (Å²) in [7, 11) is 0. The van der Waals surface area contributed by atoms with Crippen LogP contribution < -0.4 is 14.4 Å². The van der Waals surface area contributed by atoms with Gasteiger partial charge in [0.05, 0.1) is 6.61 Å². The molecule has 3 aromatic carbocycles. The van der Waals surface area contributed by atoms with E-state index in [1.165, 1.54) is 18.2 Å². The van der Waals surface area contributed by atoms with Gasteiger partial charge in [0.15, 0.2) is 0 Å². The molecule has 0 radical (unpaired) electrons. The highest BCUT2D eigenvalue weighted by molar-refractivity contribution is 5.56. The fraction of sp³-hybridized carbons (Fsp3) is 0.250. The first-order chi connectivity index (χ1) is 16.5. The summed E-state index contributed by atoms with van der Waals surface area (Å²) in [5.74, 6) is -0.146. The van der Waals surface area contributed by atoms with E-state index >= 15 is 0 Å². The first-order valence-electron chi connectivity index (χ1n) is 10.3. The van der Waals surface area contributed by atoms with E-state index in [9.17, 15) is 30.7 Å². The normalized spacial score (nSPS) is 18.7. The van der Waals surface area contributed by atoms with Crippen LogP contribution in [0.3, 0.4) is 0 Å². The van der Waals surface area contributed by atoms with Gasteiger partial charge in [-0.15, -0.1) is 0 Å². The maximum absolute atomic E-state index is 14.6. The number of anilines is 1. The van der Waals surface area contributed by atoms with Gasteiger partial charge in [-0.2, -0.15) is 30.7 Å². The monoisotopic (exact) mass is 501 g/mol. The fourth-order valence-corrected chi connectivity index (χ4v) is 3.78. The van der Waals surface area contributed by atoms with E-state index in [0.717, 1.165) is 23.1 Å². The molecule has 1 unspecified atom stereocenters. The first-order valence-corrected chi connectivity index (χ1v) is 10.3. The zero-order valence-electron chi connectivity index (χ0n) is 17.8. The highest BCUT2D eigenvalue weighted by atomic mass is 19.4. The molecular formula is C24H18F7NO3. The molecule has 1 atom stereocenters. The average molecular weight is 501 g/mol. The molecule has 4 rings (SSSR count). The van der Waals surface area contributed by atoms with Crippen LogP contribution >= 0.6 is 0 Å². The van der Waals surface area contributed by atoms with Gasteiger partial charge in [0.2, 0.25) is 0 Å². The predicted octanol–water partition coefficient (Wildman–Crippen LogP) is 6.97. The minimum Gasteiger partial charge on any atom is -0.457 e. The molecule has 4 nitrogen and oxygen atoms in total. The van der Waals surface area contributed by atoms with Gasteiger partial charge in [-0.05, 0) is 36.4 Å². The van der Waals surface area contributed by atoms with Crippen LogP contribution in [-0.4, -0.2) is 31.9 Å². The predicted molar refractivity (Wildman–Crippen MR) is 112 cm³/mol. The molecule has 11 heteroatoms. The summed E-state index contributed by atoms with van der Waals surface area (Å²) in [4.78, 5) is 0.912. The van der Waals surface area contributed by atoms with Crippen LogP contribution in [0.2, 0.25) is 0 Å². The molecule has 0 N–H and O–H groups in total. The van der Waals surface area contributed by atoms with Crippen LogP contribution in [0.4, 0.5) is 36.4 Å². The van der Waals surface area contributed by atoms with Crippen LogP contribution in [0, 0.1) is 0 Å². The summed E-state index contributed by atoms with van der Waals surface area (Å²) < 4.78 is 111. The topological polar surface area (TPSA) is 30.9 Å². The minimum atomic E-state index is -5.05. The number of ether oxygens (including phenoxy) is 3. The van der Waals surface area contributed by atoms with Crippen LogP contribution in [-0.2, 0) is 10.5 Å². The van der Waals surface area contributed by atoms with Crippen molar-refractivity contribution in [1.82, 2.24) is 0 Å². The summed E-state index contributed by atoms with van der Waals surface area (Å²) in [6.45, 7) is -0.547. The molecule has 0 spiro atoms. The lowest BCUT2D eigenvalue weighted by Gasteiger charge is -2.40. The number of para-hydroxylation sites is 1. The Morgan fingerprint density at radius 2 is 1.46 bits per heavy atom. The molecule has 1 saturated heterocycles. The number of hydrogen-bond donors (Lipinski definition) is 0. The lowest BCUT2D eigenvalue weighted by molar-refractivity contribution is -0.268. The summed E-state index contributed by atoms with van der Waals surface area (Å²) in [6.07, 6.45) is -14.1. The average Bonchev–Trinajstić information content (AvgIpc) is 3.26.